The van der Waals surface area contributed by atoms with E-state index in [0.717, 1.165) is 0 Å². The molecule has 0 amide bonds. The number of aromatic carboxylic acids is 1. The van der Waals surface area contributed by atoms with E-state index in [1.807, 2.05) is 13.8 Å². The van der Waals surface area contributed by atoms with E-state index in [-0.39, 0.29) is 11.5 Å². The Labute approximate surface area is 89.1 Å². The molecule has 0 radical (unpaired) electrons. The Balaban J connectivity index is 3.62. The van der Waals surface area contributed by atoms with Gasteiger partial charge < -0.3 is 10.8 Å². The summed E-state index contributed by atoms with van der Waals surface area (Å²) in [5.41, 5.74) is 8.51. The van der Waals surface area contributed by atoms with Crippen molar-refractivity contribution in [3.8, 4) is 0 Å². The molecular formula is C11H16N2O2. The summed E-state index contributed by atoms with van der Waals surface area (Å²) in [6.45, 7) is 7.34. The molecule has 1 heterocycles. The number of hydrogen-bond donors (Lipinski definition) is 2. The lowest BCUT2D eigenvalue weighted by Crippen LogP contribution is -2.13. The predicted octanol–water partition coefficient (Wildman–Crippen LogP) is 2.10. The zero-order valence-corrected chi connectivity index (χ0v) is 9.46. The Morgan fingerprint density at radius 1 is 1.33 bits per heavy atom. The molecule has 1 aromatic rings. The number of carboxylic acids is 1. The van der Waals surface area contributed by atoms with Crippen molar-refractivity contribution >= 4 is 11.7 Å². The summed E-state index contributed by atoms with van der Waals surface area (Å²) >= 11 is 0. The summed E-state index contributed by atoms with van der Waals surface area (Å²) in [6, 6.07) is 0. The number of nitrogens with two attached hydrogens (primary N) is 1. The second-order valence-electron chi connectivity index (χ2n) is 3.94. The van der Waals surface area contributed by atoms with Crippen LogP contribution in [0.4, 0.5) is 5.69 Å². The molecule has 4 heteroatoms. The molecule has 0 unspecified atom stereocenters. The van der Waals surface area contributed by atoms with Gasteiger partial charge in [0.25, 0.3) is 0 Å². The molecule has 4 nitrogen and oxygen atoms in total. The van der Waals surface area contributed by atoms with Gasteiger partial charge in [-0.3, -0.25) is 4.98 Å². The van der Waals surface area contributed by atoms with Crippen LogP contribution in [0.1, 0.15) is 47.1 Å². The summed E-state index contributed by atoms with van der Waals surface area (Å²) in [5, 5.41) is 9.12. The third-order valence-electron chi connectivity index (χ3n) is 2.44. The Morgan fingerprint density at radius 2 is 1.87 bits per heavy atom. The molecule has 0 fully saturated rings. The summed E-state index contributed by atoms with van der Waals surface area (Å²) in [7, 11) is 0. The van der Waals surface area contributed by atoms with E-state index >= 15 is 0 Å². The first-order valence-corrected chi connectivity index (χ1v) is 4.86. The Morgan fingerprint density at radius 3 is 2.27 bits per heavy atom. The molecule has 0 atom stereocenters. The van der Waals surface area contributed by atoms with Gasteiger partial charge in [-0.2, -0.15) is 0 Å². The Kier molecular flexibility index (Phi) is 2.98. The molecule has 0 aliphatic heterocycles. The first kappa shape index (κ1) is 11.5. The fraction of sp³-hybridized carbons (Fsp3) is 0.455. The molecule has 15 heavy (non-hydrogen) atoms. The largest absolute Gasteiger partial charge is 0.478 e. The minimum atomic E-state index is -0.963. The van der Waals surface area contributed by atoms with E-state index in [1.165, 1.54) is 0 Å². The highest BCUT2D eigenvalue weighted by molar-refractivity contribution is 5.92. The lowest BCUT2D eigenvalue weighted by Gasteiger charge is -2.16. The highest BCUT2D eigenvalue weighted by Gasteiger charge is 2.21. The number of nitrogen functional groups attached to an aromatic ring is 1. The molecule has 0 aliphatic rings. The number of hydrogen-bond acceptors (Lipinski definition) is 3. The fourth-order valence-corrected chi connectivity index (χ4v) is 1.76. The van der Waals surface area contributed by atoms with Crippen LogP contribution in [0, 0.1) is 13.8 Å². The van der Waals surface area contributed by atoms with Crippen molar-refractivity contribution in [3.05, 3.63) is 22.5 Å². The van der Waals surface area contributed by atoms with Crippen molar-refractivity contribution in [2.45, 2.75) is 33.6 Å². The number of rotatable bonds is 2. The van der Waals surface area contributed by atoms with Crippen LogP contribution in [0.2, 0.25) is 0 Å². The fourth-order valence-electron chi connectivity index (χ4n) is 1.76. The van der Waals surface area contributed by atoms with Crippen LogP contribution in [0.5, 0.6) is 0 Å². The summed E-state index contributed by atoms with van der Waals surface area (Å²) in [5.74, 6) is -0.882. The van der Waals surface area contributed by atoms with Gasteiger partial charge in [0.2, 0.25) is 0 Å². The van der Waals surface area contributed by atoms with E-state index in [4.69, 9.17) is 10.8 Å². The van der Waals surface area contributed by atoms with Gasteiger partial charge in [-0.1, -0.05) is 13.8 Å². The Bertz CT molecular complexity index is 412. The highest BCUT2D eigenvalue weighted by atomic mass is 16.4. The predicted molar refractivity (Wildman–Crippen MR) is 59.2 cm³/mol. The summed E-state index contributed by atoms with van der Waals surface area (Å²) in [6.07, 6.45) is 0. The number of aryl methyl sites for hydroxylation is 2. The topological polar surface area (TPSA) is 76.2 Å². The van der Waals surface area contributed by atoms with E-state index in [9.17, 15) is 4.79 Å². The average molecular weight is 208 g/mol. The lowest BCUT2D eigenvalue weighted by atomic mass is 9.94. The molecule has 82 valence electrons. The van der Waals surface area contributed by atoms with Gasteiger partial charge in [0, 0.05) is 0 Å². The molecule has 1 aromatic heterocycles. The summed E-state index contributed by atoms with van der Waals surface area (Å²) in [4.78, 5) is 15.2. The average Bonchev–Trinajstić information content (AvgIpc) is 2.09. The maximum Gasteiger partial charge on any atom is 0.337 e. The number of aromatic nitrogens is 1. The van der Waals surface area contributed by atoms with Gasteiger partial charge in [-0.05, 0) is 25.3 Å². The quantitative estimate of drug-likeness (QED) is 0.780. The monoisotopic (exact) mass is 208 g/mol. The minimum absolute atomic E-state index is 0.0801. The lowest BCUT2D eigenvalue weighted by molar-refractivity contribution is 0.0694. The van der Waals surface area contributed by atoms with Crippen molar-refractivity contribution in [1.82, 2.24) is 4.98 Å². The van der Waals surface area contributed by atoms with Gasteiger partial charge in [-0.15, -0.1) is 0 Å². The Hall–Kier alpha value is -1.58. The summed E-state index contributed by atoms with van der Waals surface area (Å²) < 4.78 is 0. The van der Waals surface area contributed by atoms with Crippen molar-refractivity contribution in [2.75, 3.05) is 5.73 Å². The number of anilines is 1. The van der Waals surface area contributed by atoms with Crippen LogP contribution in [-0.2, 0) is 0 Å². The van der Waals surface area contributed by atoms with Gasteiger partial charge >= 0.3 is 5.97 Å². The van der Waals surface area contributed by atoms with Crippen LogP contribution in [0.25, 0.3) is 0 Å². The first-order valence-electron chi connectivity index (χ1n) is 4.86. The van der Waals surface area contributed by atoms with Crippen LogP contribution >= 0.6 is 0 Å². The normalized spacial score (nSPS) is 10.7. The number of carboxylic acid groups (broad SMARTS) is 1. The zero-order chi connectivity index (χ0) is 11.7. The van der Waals surface area contributed by atoms with E-state index in [2.05, 4.69) is 4.98 Å². The van der Waals surface area contributed by atoms with E-state index in [0.29, 0.717) is 22.6 Å². The molecule has 0 saturated carbocycles. The smallest absolute Gasteiger partial charge is 0.337 e. The number of carbonyl (C=O) groups is 1. The maximum atomic E-state index is 11.1. The third-order valence-corrected chi connectivity index (χ3v) is 2.44. The second-order valence-corrected chi connectivity index (χ2v) is 3.94. The molecule has 0 aliphatic carbocycles. The van der Waals surface area contributed by atoms with Gasteiger partial charge in [0.15, 0.2) is 0 Å². The molecule has 1 rings (SSSR count). The van der Waals surface area contributed by atoms with Gasteiger partial charge in [0.05, 0.1) is 22.6 Å². The standard InChI is InChI=1S/C11H16N2O2/c1-5(2)8-9(11(14)15)6(3)13-7(4)10(8)12/h5H,12H2,1-4H3,(H,14,15). The number of pyridine rings is 1. The molecular weight excluding hydrogens is 192 g/mol. The van der Waals surface area contributed by atoms with Crippen LogP contribution in [0.15, 0.2) is 0 Å². The van der Waals surface area contributed by atoms with Crippen molar-refractivity contribution < 1.29 is 9.90 Å². The van der Waals surface area contributed by atoms with Crippen molar-refractivity contribution in [1.29, 1.82) is 0 Å². The van der Waals surface area contributed by atoms with Crippen LogP contribution < -0.4 is 5.73 Å². The van der Waals surface area contributed by atoms with E-state index < -0.39 is 5.97 Å². The highest BCUT2D eigenvalue weighted by Crippen LogP contribution is 2.29. The zero-order valence-electron chi connectivity index (χ0n) is 9.46. The van der Waals surface area contributed by atoms with Gasteiger partial charge in [0.1, 0.15) is 0 Å². The first-order chi connectivity index (χ1) is 6.86. The van der Waals surface area contributed by atoms with Crippen LogP contribution in [0.3, 0.4) is 0 Å². The molecule has 0 saturated heterocycles. The number of nitrogens with zero attached hydrogens (tertiary/aromatic N) is 1. The van der Waals surface area contributed by atoms with E-state index in [1.54, 1.807) is 13.8 Å². The third kappa shape index (κ3) is 1.93. The SMILES string of the molecule is Cc1nc(C)c(C(=O)O)c(C(C)C)c1N. The molecule has 3 N–H and O–H groups in total. The molecule has 0 bridgehead atoms. The van der Waals surface area contributed by atoms with Crippen molar-refractivity contribution in [3.63, 3.8) is 0 Å². The van der Waals surface area contributed by atoms with Crippen LogP contribution in [-0.4, -0.2) is 16.1 Å². The van der Waals surface area contributed by atoms with Gasteiger partial charge in [-0.25, -0.2) is 4.79 Å². The minimum Gasteiger partial charge on any atom is -0.478 e. The molecule has 0 aromatic carbocycles. The van der Waals surface area contributed by atoms with Crippen molar-refractivity contribution in [2.24, 2.45) is 0 Å². The molecule has 0 spiro atoms. The maximum absolute atomic E-state index is 11.1. The second kappa shape index (κ2) is 3.88.